The number of hydrogen-bond acceptors (Lipinski definition) is 4. The van der Waals surface area contributed by atoms with Crippen molar-refractivity contribution in [3.8, 4) is 5.69 Å². The molecule has 7 heteroatoms. The van der Waals surface area contributed by atoms with Crippen molar-refractivity contribution in [1.29, 1.82) is 0 Å². The molecule has 2 aliphatic heterocycles. The van der Waals surface area contributed by atoms with Crippen LogP contribution in [0.3, 0.4) is 0 Å². The summed E-state index contributed by atoms with van der Waals surface area (Å²) in [6.45, 7) is 0.541. The van der Waals surface area contributed by atoms with Crippen molar-refractivity contribution in [3.05, 3.63) is 47.3 Å². The number of carbonyl (C=O) groups excluding carboxylic acids is 2. The zero-order valence-electron chi connectivity index (χ0n) is 14.9. The molecule has 2 fully saturated rings. The molecule has 3 heterocycles. The number of amides is 1. The zero-order chi connectivity index (χ0) is 18.5. The SMILES string of the molecule is O=C(OC1CCCCC1)c1ncn2c1[C@@H]1CCN1C(=O)c1c(F)cccc1-2. The number of carbonyl (C=O) groups is 2. The first kappa shape index (κ1) is 16.5. The van der Waals surface area contributed by atoms with Crippen LogP contribution < -0.4 is 0 Å². The lowest BCUT2D eigenvalue weighted by Gasteiger charge is -2.39. The van der Waals surface area contributed by atoms with E-state index in [1.165, 1.54) is 18.8 Å². The van der Waals surface area contributed by atoms with Crippen LogP contribution in [0.5, 0.6) is 0 Å². The minimum atomic E-state index is -0.559. The fraction of sp³-hybridized carbons (Fsp3) is 0.450. The summed E-state index contributed by atoms with van der Waals surface area (Å²) in [5.41, 5.74) is 1.32. The second-order valence-electron chi connectivity index (χ2n) is 7.45. The van der Waals surface area contributed by atoms with Crippen LogP contribution in [0.4, 0.5) is 4.39 Å². The number of nitrogens with zero attached hydrogens (tertiary/aromatic N) is 3. The van der Waals surface area contributed by atoms with E-state index in [0.29, 0.717) is 17.9 Å². The third kappa shape index (κ3) is 2.48. The summed E-state index contributed by atoms with van der Waals surface area (Å²) in [6, 6.07) is 4.25. The Morgan fingerprint density at radius 3 is 2.74 bits per heavy atom. The summed E-state index contributed by atoms with van der Waals surface area (Å²) < 4.78 is 21.8. The van der Waals surface area contributed by atoms with Crippen LogP contribution in [0.15, 0.2) is 24.5 Å². The highest BCUT2D eigenvalue weighted by Crippen LogP contribution is 2.41. The first-order chi connectivity index (χ1) is 13.1. The fourth-order valence-corrected chi connectivity index (χ4v) is 4.40. The third-order valence-electron chi connectivity index (χ3n) is 5.88. The molecule has 0 bridgehead atoms. The average Bonchev–Trinajstić information content (AvgIpc) is 3.03. The third-order valence-corrected chi connectivity index (χ3v) is 5.88. The Kier molecular flexibility index (Phi) is 3.77. The van der Waals surface area contributed by atoms with Gasteiger partial charge in [-0.15, -0.1) is 0 Å². The largest absolute Gasteiger partial charge is 0.458 e. The fourth-order valence-electron chi connectivity index (χ4n) is 4.40. The molecule has 1 atom stereocenters. The van der Waals surface area contributed by atoms with Crippen LogP contribution in [0.2, 0.25) is 0 Å². The van der Waals surface area contributed by atoms with E-state index in [1.807, 2.05) is 0 Å². The monoisotopic (exact) mass is 369 g/mol. The Hall–Kier alpha value is -2.70. The smallest absolute Gasteiger partial charge is 0.359 e. The Morgan fingerprint density at radius 2 is 2.00 bits per heavy atom. The van der Waals surface area contributed by atoms with E-state index in [-0.39, 0.29) is 29.3 Å². The van der Waals surface area contributed by atoms with Gasteiger partial charge in [-0.05, 0) is 44.2 Å². The van der Waals surface area contributed by atoms with Crippen molar-refractivity contribution >= 4 is 11.9 Å². The van der Waals surface area contributed by atoms with Crippen LogP contribution >= 0.6 is 0 Å². The van der Waals surface area contributed by atoms with Crippen molar-refractivity contribution in [1.82, 2.24) is 14.5 Å². The van der Waals surface area contributed by atoms with Gasteiger partial charge in [-0.1, -0.05) is 12.5 Å². The maximum atomic E-state index is 14.4. The highest BCUT2D eigenvalue weighted by atomic mass is 19.1. The number of aromatic nitrogens is 2. The molecule has 1 saturated carbocycles. The van der Waals surface area contributed by atoms with Crippen LogP contribution in [0, 0.1) is 5.82 Å². The van der Waals surface area contributed by atoms with E-state index in [4.69, 9.17) is 4.74 Å². The molecule has 1 saturated heterocycles. The van der Waals surface area contributed by atoms with Crippen LogP contribution in [0.25, 0.3) is 5.69 Å². The van der Waals surface area contributed by atoms with E-state index in [1.54, 1.807) is 21.6 Å². The second kappa shape index (κ2) is 6.18. The number of rotatable bonds is 2. The summed E-state index contributed by atoms with van der Waals surface area (Å²) in [5, 5.41) is 0. The molecular formula is C20H20FN3O3. The van der Waals surface area contributed by atoms with E-state index >= 15 is 0 Å². The van der Waals surface area contributed by atoms with Gasteiger partial charge in [0.2, 0.25) is 0 Å². The van der Waals surface area contributed by atoms with Crippen molar-refractivity contribution < 1.29 is 18.7 Å². The number of halogens is 1. The highest BCUT2D eigenvalue weighted by Gasteiger charge is 2.43. The van der Waals surface area contributed by atoms with Gasteiger partial charge >= 0.3 is 5.97 Å². The number of esters is 1. The van der Waals surface area contributed by atoms with Gasteiger partial charge in [0.05, 0.1) is 23.0 Å². The summed E-state index contributed by atoms with van der Waals surface area (Å²) in [7, 11) is 0. The predicted octanol–water partition coefficient (Wildman–Crippen LogP) is 3.40. The number of ether oxygens (including phenoxy) is 1. The maximum absolute atomic E-state index is 14.4. The van der Waals surface area contributed by atoms with Crippen molar-refractivity contribution in [2.75, 3.05) is 6.54 Å². The predicted molar refractivity (Wildman–Crippen MR) is 94.2 cm³/mol. The molecule has 2 aromatic rings. The Bertz CT molecular complexity index is 933. The highest BCUT2D eigenvalue weighted by molar-refractivity contribution is 6.00. The molecular weight excluding hydrogens is 349 g/mol. The van der Waals surface area contributed by atoms with Gasteiger partial charge in [0.1, 0.15) is 18.2 Å². The van der Waals surface area contributed by atoms with E-state index in [9.17, 15) is 14.0 Å². The van der Waals surface area contributed by atoms with Crippen LogP contribution in [-0.4, -0.2) is 39.0 Å². The van der Waals surface area contributed by atoms with Crippen molar-refractivity contribution in [3.63, 3.8) is 0 Å². The molecule has 0 unspecified atom stereocenters. The van der Waals surface area contributed by atoms with Gasteiger partial charge in [-0.2, -0.15) is 0 Å². The molecule has 0 spiro atoms. The van der Waals surface area contributed by atoms with E-state index in [0.717, 1.165) is 32.1 Å². The number of benzene rings is 1. The van der Waals surface area contributed by atoms with Crippen molar-refractivity contribution in [2.45, 2.75) is 50.7 Å². The standard InChI is InChI=1S/C20H20FN3O3/c21-13-7-4-8-14-16(13)19(25)23-10-9-15(23)18-17(22-11-24(14)18)20(26)27-12-5-2-1-3-6-12/h4,7-8,11-12,15H,1-3,5-6,9-10H2/t15-/m0/s1. The lowest BCUT2D eigenvalue weighted by atomic mass is 9.97. The zero-order valence-corrected chi connectivity index (χ0v) is 14.9. The van der Waals surface area contributed by atoms with Crippen LogP contribution in [0.1, 0.15) is 71.1 Å². The molecule has 1 aromatic carbocycles. The van der Waals surface area contributed by atoms with E-state index in [2.05, 4.69) is 4.98 Å². The lowest BCUT2D eigenvalue weighted by molar-refractivity contribution is 0.0191. The lowest BCUT2D eigenvalue weighted by Crippen LogP contribution is -2.45. The van der Waals surface area contributed by atoms with Gasteiger partial charge in [0, 0.05) is 6.54 Å². The van der Waals surface area contributed by atoms with E-state index < -0.39 is 11.8 Å². The summed E-state index contributed by atoms with van der Waals surface area (Å²) >= 11 is 0. The molecule has 1 amide bonds. The van der Waals surface area contributed by atoms with Crippen LogP contribution in [-0.2, 0) is 4.74 Å². The van der Waals surface area contributed by atoms with Gasteiger partial charge in [0.15, 0.2) is 5.69 Å². The molecule has 3 aliphatic rings. The molecule has 5 rings (SSSR count). The number of hydrogen-bond donors (Lipinski definition) is 0. The topological polar surface area (TPSA) is 64.4 Å². The minimum Gasteiger partial charge on any atom is -0.458 e. The maximum Gasteiger partial charge on any atom is 0.359 e. The molecule has 27 heavy (non-hydrogen) atoms. The summed E-state index contributed by atoms with van der Waals surface area (Å²) in [5.74, 6) is -1.35. The molecule has 140 valence electrons. The molecule has 6 nitrogen and oxygen atoms in total. The number of fused-ring (bicyclic) bond motifs is 5. The first-order valence-corrected chi connectivity index (χ1v) is 9.53. The molecule has 1 aliphatic carbocycles. The van der Waals surface area contributed by atoms with Crippen molar-refractivity contribution in [2.24, 2.45) is 0 Å². The minimum absolute atomic E-state index is 0.0329. The first-order valence-electron chi connectivity index (χ1n) is 9.53. The molecule has 1 aromatic heterocycles. The quantitative estimate of drug-likeness (QED) is 0.761. The Labute approximate surface area is 155 Å². The second-order valence-corrected chi connectivity index (χ2v) is 7.45. The van der Waals surface area contributed by atoms with Gasteiger partial charge in [-0.25, -0.2) is 14.2 Å². The molecule has 0 radical (unpaired) electrons. The Morgan fingerprint density at radius 1 is 1.19 bits per heavy atom. The summed E-state index contributed by atoms with van der Waals surface area (Å²) in [4.78, 5) is 31.6. The molecule has 0 N–H and O–H groups in total. The normalized spacial score (nSPS) is 21.6. The summed E-state index contributed by atoms with van der Waals surface area (Å²) in [6.07, 6.45) is 7.21. The Balaban J connectivity index is 1.57. The van der Waals surface area contributed by atoms with Gasteiger partial charge in [-0.3, -0.25) is 9.36 Å². The van der Waals surface area contributed by atoms with Gasteiger partial charge < -0.3 is 9.64 Å². The van der Waals surface area contributed by atoms with Gasteiger partial charge in [0.25, 0.3) is 5.91 Å². The number of imidazole rings is 1. The average molecular weight is 369 g/mol.